The van der Waals surface area contributed by atoms with E-state index in [0.29, 0.717) is 0 Å². The van der Waals surface area contributed by atoms with Crippen molar-refractivity contribution in [2.75, 3.05) is 7.05 Å². The van der Waals surface area contributed by atoms with Crippen molar-refractivity contribution in [3.63, 3.8) is 0 Å². The Kier molecular flexibility index (Phi) is 1.66. The molecule has 0 heterocycles. The molecule has 2 heteroatoms. The van der Waals surface area contributed by atoms with Crippen LogP contribution in [0.25, 0.3) is 0 Å². The Balaban J connectivity index is 3.17. The molecular formula is C4H10BN. The predicted molar refractivity (Wildman–Crippen MR) is 28.9 cm³/mol. The molecule has 2 radical (unpaired) electrons. The van der Waals surface area contributed by atoms with E-state index in [9.17, 15) is 0 Å². The third-order valence-corrected chi connectivity index (χ3v) is 0.644. The van der Waals surface area contributed by atoms with Crippen LogP contribution in [0.15, 0.2) is 0 Å². The first-order valence-electron chi connectivity index (χ1n) is 2.04. The van der Waals surface area contributed by atoms with Gasteiger partial charge in [0.1, 0.15) is 0 Å². The second-order valence-corrected chi connectivity index (χ2v) is 1.97. The van der Waals surface area contributed by atoms with Crippen molar-refractivity contribution >= 4 is 7.85 Å². The lowest BCUT2D eigenvalue weighted by molar-refractivity contribution is 0.595. The van der Waals surface area contributed by atoms with Gasteiger partial charge in [0.25, 0.3) is 0 Å². The van der Waals surface area contributed by atoms with Gasteiger partial charge in [-0.05, 0) is 12.5 Å². The van der Waals surface area contributed by atoms with Gasteiger partial charge in [0.05, 0.1) is 7.85 Å². The first-order chi connectivity index (χ1) is 2.56. The Bertz CT molecular complexity index is 37.3. The molecule has 0 aromatic carbocycles. The summed E-state index contributed by atoms with van der Waals surface area (Å²) in [6.45, 7) is 3.82. The monoisotopic (exact) mass is 83.1 g/mol. The zero-order chi connectivity index (χ0) is 5.21. The fourth-order valence-corrected chi connectivity index (χ4v) is 0. The summed E-state index contributed by atoms with van der Waals surface area (Å²) < 4.78 is 0. The maximum absolute atomic E-state index is 5.42. The third-order valence-electron chi connectivity index (χ3n) is 0.644. The Hall–Kier alpha value is 0.0249. The third kappa shape index (κ3) is 4.02. The van der Waals surface area contributed by atoms with E-state index in [2.05, 4.69) is 5.32 Å². The zero-order valence-corrected chi connectivity index (χ0v) is 4.58. The molecule has 0 bridgehead atoms. The largest absolute Gasteiger partial charge is 0.323 e. The molecule has 0 amide bonds. The molecule has 0 saturated heterocycles. The minimum Gasteiger partial charge on any atom is -0.323 e. The van der Waals surface area contributed by atoms with Crippen molar-refractivity contribution in [2.45, 2.75) is 19.3 Å². The van der Waals surface area contributed by atoms with Gasteiger partial charge in [-0.1, -0.05) is 13.8 Å². The summed E-state index contributed by atoms with van der Waals surface area (Å²) in [5.41, 5.74) is -0.208. The molecule has 0 fully saturated rings. The summed E-state index contributed by atoms with van der Waals surface area (Å²) in [6.07, 6.45) is 0. The standard InChI is InChI=1S/C4H10BN/c1-4(2,5)6-3/h6H,1-3H3. The van der Waals surface area contributed by atoms with Crippen molar-refractivity contribution in [1.29, 1.82) is 0 Å². The molecule has 0 aromatic rings. The molecular weight excluding hydrogens is 72.9 g/mol. The molecule has 0 aliphatic carbocycles. The highest BCUT2D eigenvalue weighted by atomic mass is 14.9. The molecule has 1 N–H and O–H groups in total. The van der Waals surface area contributed by atoms with Gasteiger partial charge in [0.2, 0.25) is 0 Å². The van der Waals surface area contributed by atoms with Crippen LogP contribution in [0.1, 0.15) is 13.8 Å². The summed E-state index contributed by atoms with van der Waals surface area (Å²) in [4.78, 5) is 0. The fraction of sp³-hybridized carbons (Fsp3) is 1.00. The van der Waals surface area contributed by atoms with Gasteiger partial charge in [-0.3, -0.25) is 0 Å². The quantitative estimate of drug-likeness (QED) is 0.443. The average Bonchev–Trinajstić information content (AvgIpc) is 1.35. The highest BCUT2D eigenvalue weighted by Crippen LogP contribution is 1.87. The van der Waals surface area contributed by atoms with Gasteiger partial charge in [-0.15, -0.1) is 0 Å². The molecule has 0 aliphatic heterocycles. The van der Waals surface area contributed by atoms with Gasteiger partial charge >= 0.3 is 0 Å². The summed E-state index contributed by atoms with van der Waals surface area (Å²) in [5, 5.41) is 2.88. The topological polar surface area (TPSA) is 12.0 Å². The summed E-state index contributed by atoms with van der Waals surface area (Å²) >= 11 is 0. The van der Waals surface area contributed by atoms with Gasteiger partial charge in [-0.25, -0.2) is 0 Å². The van der Waals surface area contributed by atoms with Gasteiger partial charge in [0, 0.05) is 0 Å². The van der Waals surface area contributed by atoms with E-state index in [4.69, 9.17) is 7.85 Å². The van der Waals surface area contributed by atoms with Crippen molar-refractivity contribution in [1.82, 2.24) is 5.32 Å². The Morgan fingerprint density at radius 3 is 1.67 bits per heavy atom. The van der Waals surface area contributed by atoms with E-state index in [1.807, 2.05) is 20.9 Å². The number of hydrogen-bond donors (Lipinski definition) is 1. The summed E-state index contributed by atoms with van der Waals surface area (Å²) in [5.74, 6) is 0. The molecule has 0 atom stereocenters. The van der Waals surface area contributed by atoms with Crippen LogP contribution < -0.4 is 5.32 Å². The SMILES string of the molecule is [B]C(C)(C)NC. The van der Waals surface area contributed by atoms with Gasteiger partial charge in [-0.2, -0.15) is 0 Å². The molecule has 1 nitrogen and oxygen atoms in total. The Labute approximate surface area is 40.5 Å². The van der Waals surface area contributed by atoms with E-state index in [0.717, 1.165) is 0 Å². The zero-order valence-electron chi connectivity index (χ0n) is 4.58. The molecule has 0 aliphatic rings. The Morgan fingerprint density at radius 2 is 1.67 bits per heavy atom. The van der Waals surface area contributed by atoms with E-state index < -0.39 is 0 Å². The van der Waals surface area contributed by atoms with Crippen LogP contribution in [0.3, 0.4) is 0 Å². The lowest BCUT2D eigenvalue weighted by Gasteiger charge is -2.15. The van der Waals surface area contributed by atoms with E-state index in [1.54, 1.807) is 0 Å². The predicted octanol–water partition coefficient (Wildman–Crippen LogP) is 0.110. The maximum atomic E-state index is 5.42. The first kappa shape index (κ1) is 6.02. The van der Waals surface area contributed by atoms with Crippen molar-refractivity contribution in [2.24, 2.45) is 0 Å². The second-order valence-electron chi connectivity index (χ2n) is 1.97. The van der Waals surface area contributed by atoms with Crippen LogP contribution in [0.4, 0.5) is 0 Å². The molecule has 0 aromatic heterocycles. The normalized spacial score (nSPS) is 11.8. The van der Waals surface area contributed by atoms with E-state index in [1.165, 1.54) is 0 Å². The average molecular weight is 82.9 g/mol. The van der Waals surface area contributed by atoms with Crippen molar-refractivity contribution < 1.29 is 0 Å². The molecule has 0 saturated carbocycles. The number of rotatable bonds is 1. The number of nitrogens with one attached hydrogen (secondary N) is 1. The van der Waals surface area contributed by atoms with Crippen LogP contribution in [0.2, 0.25) is 0 Å². The highest BCUT2D eigenvalue weighted by Gasteiger charge is 2.01. The molecule has 0 rings (SSSR count). The smallest absolute Gasteiger partial charge is 0.0945 e. The molecule has 34 valence electrons. The minimum absolute atomic E-state index is 0.208. The molecule has 0 unspecified atom stereocenters. The highest BCUT2D eigenvalue weighted by molar-refractivity contribution is 6.14. The van der Waals surface area contributed by atoms with Crippen LogP contribution in [-0.4, -0.2) is 20.3 Å². The Morgan fingerprint density at radius 1 is 1.50 bits per heavy atom. The van der Waals surface area contributed by atoms with E-state index in [-0.39, 0.29) is 5.44 Å². The molecule has 0 spiro atoms. The van der Waals surface area contributed by atoms with Crippen LogP contribution in [-0.2, 0) is 0 Å². The number of hydrogen-bond acceptors (Lipinski definition) is 1. The molecule has 6 heavy (non-hydrogen) atoms. The van der Waals surface area contributed by atoms with Crippen LogP contribution in [0, 0.1) is 0 Å². The van der Waals surface area contributed by atoms with E-state index >= 15 is 0 Å². The first-order valence-corrected chi connectivity index (χ1v) is 2.04. The second kappa shape index (κ2) is 1.65. The van der Waals surface area contributed by atoms with Crippen LogP contribution >= 0.6 is 0 Å². The fourth-order valence-electron chi connectivity index (χ4n) is 0. The van der Waals surface area contributed by atoms with Gasteiger partial charge in [0.15, 0.2) is 0 Å². The lowest BCUT2D eigenvalue weighted by Crippen LogP contribution is -2.36. The lowest BCUT2D eigenvalue weighted by atomic mass is 9.82. The minimum atomic E-state index is -0.208. The summed E-state index contributed by atoms with van der Waals surface area (Å²) in [6, 6.07) is 0. The maximum Gasteiger partial charge on any atom is 0.0945 e. The van der Waals surface area contributed by atoms with Crippen molar-refractivity contribution in [3.8, 4) is 0 Å². The van der Waals surface area contributed by atoms with Crippen LogP contribution in [0.5, 0.6) is 0 Å². The van der Waals surface area contributed by atoms with Gasteiger partial charge < -0.3 is 5.32 Å². The summed E-state index contributed by atoms with van der Waals surface area (Å²) in [7, 11) is 7.26. The van der Waals surface area contributed by atoms with Crippen molar-refractivity contribution in [3.05, 3.63) is 0 Å².